The number of nitrogens with one attached hydrogen (secondary N) is 1. The fourth-order valence-corrected chi connectivity index (χ4v) is 6.60. The van der Waals surface area contributed by atoms with E-state index in [0.717, 1.165) is 33.3 Å². The number of hydrogen-bond acceptors (Lipinski definition) is 7. The average molecular weight is 594 g/mol. The van der Waals surface area contributed by atoms with Crippen LogP contribution in [0.5, 0.6) is 11.5 Å². The number of benzene rings is 3. The SMILES string of the molecule is CCOC(=O)C1=C(C)N=c2s/c(=C/c3c(-c4ccccc4)[nH]c4ccc(C)cc34)c(=O)n2[C@H]1c1ccc(OC)cc1OC. The first-order valence-electron chi connectivity index (χ1n) is 13.9. The van der Waals surface area contributed by atoms with Gasteiger partial charge in [-0.2, -0.15) is 0 Å². The van der Waals surface area contributed by atoms with Gasteiger partial charge in [-0.15, -0.1) is 0 Å². The number of methoxy groups -OCH3 is 2. The second-order valence-corrected chi connectivity index (χ2v) is 11.2. The predicted octanol–water partition coefficient (Wildman–Crippen LogP) is 5.27. The van der Waals surface area contributed by atoms with Gasteiger partial charge < -0.3 is 19.2 Å². The summed E-state index contributed by atoms with van der Waals surface area (Å²) < 4.78 is 18.6. The maximum absolute atomic E-state index is 14.4. The van der Waals surface area contributed by atoms with Crippen LogP contribution in [-0.2, 0) is 9.53 Å². The molecule has 0 saturated carbocycles. The Balaban J connectivity index is 1.63. The summed E-state index contributed by atoms with van der Waals surface area (Å²) in [6.45, 7) is 5.75. The van der Waals surface area contributed by atoms with Crippen molar-refractivity contribution in [2.45, 2.75) is 26.8 Å². The van der Waals surface area contributed by atoms with Crippen LogP contribution in [0.2, 0.25) is 0 Å². The van der Waals surface area contributed by atoms with E-state index >= 15 is 0 Å². The van der Waals surface area contributed by atoms with Crippen LogP contribution in [0.25, 0.3) is 28.2 Å². The number of esters is 1. The lowest BCUT2D eigenvalue weighted by Crippen LogP contribution is -2.40. The molecule has 3 heterocycles. The van der Waals surface area contributed by atoms with E-state index < -0.39 is 12.0 Å². The molecule has 1 N–H and O–H groups in total. The molecule has 0 aliphatic carbocycles. The molecule has 0 radical (unpaired) electrons. The van der Waals surface area contributed by atoms with Gasteiger partial charge in [0.25, 0.3) is 5.56 Å². The van der Waals surface area contributed by atoms with Crippen molar-refractivity contribution in [3.05, 3.63) is 114 Å². The van der Waals surface area contributed by atoms with Crippen molar-refractivity contribution in [3.8, 4) is 22.8 Å². The predicted molar refractivity (Wildman–Crippen MR) is 168 cm³/mol. The van der Waals surface area contributed by atoms with E-state index in [9.17, 15) is 9.59 Å². The molecule has 0 unspecified atom stereocenters. The third kappa shape index (κ3) is 4.95. The summed E-state index contributed by atoms with van der Waals surface area (Å²) in [6, 6.07) is 20.8. The van der Waals surface area contributed by atoms with E-state index in [1.54, 1.807) is 44.8 Å². The molecule has 3 aromatic carbocycles. The lowest BCUT2D eigenvalue weighted by Gasteiger charge is -2.26. The van der Waals surface area contributed by atoms with E-state index in [1.807, 2.05) is 49.4 Å². The number of ether oxygens (including phenoxy) is 3. The fraction of sp³-hybridized carbons (Fsp3) is 0.206. The molecule has 6 rings (SSSR count). The van der Waals surface area contributed by atoms with Crippen LogP contribution in [-0.4, -0.2) is 36.3 Å². The Morgan fingerprint density at radius 1 is 1.05 bits per heavy atom. The minimum absolute atomic E-state index is 0.189. The molecule has 0 amide bonds. The molecule has 43 heavy (non-hydrogen) atoms. The van der Waals surface area contributed by atoms with Gasteiger partial charge in [-0.25, -0.2) is 9.79 Å². The topological polar surface area (TPSA) is 94.9 Å². The third-order valence-electron chi connectivity index (χ3n) is 7.58. The molecule has 5 aromatic rings. The largest absolute Gasteiger partial charge is 0.497 e. The standard InChI is InChI=1S/C34H31N3O5S/c1-6-42-33(39)29-20(3)35-34-37(31(29)23-14-13-22(40-4)17-27(23)41-5)32(38)28(43-34)18-25-24-16-19(2)12-15-26(24)36-30(25)21-10-8-7-9-11-21/h7-18,31,36H,6H2,1-5H3/b28-18+/t31-/m0/s1. The highest BCUT2D eigenvalue weighted by Gasteiger charge is 2.35. The molecule has 9 heteroatoms. The number of aromatic nitrogens is 2. The molecule has 218 valence electrons. The number of aryl methyl sites for hydroxylation is 1. The maximum Gasteiger partial charge on any atom is 0.338 e. The third-order valence-corrected chi connectivity index (χ3v) is 8.57. The first kappa shape index (κ1) is 28.2. The molecule has 0 spiro atoms. The van der Waals surface area contributed by atoms with Gasteiger partial charge in [-0.1, -0.05) is 53.3 Å². The number of aromatic amines is 1. The average Bonchev–Trinajstić information content (AvgIpc) is 3.52. The summed E-state index contributed by atoms with van der Waals surface area (Å²) in [4.78, 5) is 36.5. The van der Waals surface area contributed by atoms with Crippen LogP contribution in [0.1, 0.15) is 36.6 Å². The summed E-state index contributed by atoms with van der Waals surface area (Å²) in [5, 5.41) is 1.02. The number of thiazole rings is 1. The quantitative estimate of drug-likeness (QED) is 0.260. The van der Waals surface area contributed by atoms with Gasteiger partial charge in [-0.3, -0.25) is 9.36 Å². The van der Waals surface area contributed by atoms with Crippen LogP contribution >= 0.6 is 11.3 Å². The Labute approximate surface area is 252 Å². The summed E-state index contributed by atoms with van der Waals surface area (Å²) in [5.74, 6) is 0.544. The molecule has 0 bridgehead atoms. The summed E-state index contributed by atoms with van der Waals surface area (Å²) >= 11 is 1.29. The molecule has 1 aliphatic heterocycles. The minimum Gasteiger partial charge on any atom is -0.497 e. The Bertz CT molecular complexity index is 2090. The van der Waals surface area contributed by atoms with E-state index in [1.165, 1.54) is 11.3 Å². The van der Waals surface area contributed by atoms with E-state index in [-0.39, 0.29) is 17.7 Å². The summed E-state index contributed by atoms with van der Waals surface area (Å²) in [5.41, 5.74) is 6.07. The molecule has 8 nitrogen and oxygen atoms in total. The minimum atomic E-state index is -0.808. The lowest BCUT2D eigenvalue weighted by atomic mass is 9.95. The monoisotopic (exact) mass is 593 g/mol. The van der Waals surface area contributed by atoms with Crippen LogP contribution in [0.15, 0.2) is 87.8 Å². The van der Waals surface area contributed by atoms with E-state index in [0.29, 0.717) is 32.1 Å². The zero-order valence-electron chi connectivity index (χ0n) is 24.6. The highest BCUT2D eigenvalue weighted by Crippen LogP contribution is 2.38. The number of rotatable bonds is 7. The number of H-pyrrole nitrogens is 1. The second-order valence-electron chi connectivity index (χ2n) is 10.2. The van der Waals surface area contributed by atoms with Gasteiger partial charge in [0.05, 0.1) is 42.3 Å². The summed E-state index contributed by atoms with van der Waals surface area (Å²) in [6.07, 6.45) is 1.93. The van der Waals surface area contributed by atoms with Crippen LogP contribution < -0.4 is 24.4 Å². The van der Waals surface area contributed by atoms with Gasteiger partial charge in [0.2, 0.25) is 0 Å². The molecule has 0 saturated heterocycles. The highest BCUT2D eigenvalue weighted by atomic mass is 32.1. The number of fused-ring (bicyclic) bond motifs is 2. The number of carbonyl (C=O) groups is 1. The molecule has 1 atom stereocenters. The van der Waals surface area contributed by atoms with Crippen molar-refractivity contribution >= 4 is 34.3 Å². The lowest BCUT2D eigenvalue weighted by molar-refractivity contribution is -0.139. The summed E-state index contributed by atoms with van der Waals surface area (Å²) in [7, 11) is 3.12. The molecular formula is C34H31N3O5S. The van der Waals surface area contributed by atoms with E-state index in [2.05, 4.69) is 23.2 Å². The van der Waals surface area contributed by atoms with Crippen molar-refractivity contribution in [1.29, 1.82) is 0 Å². The van der Waals surface area contributed by atoms with Crippen LogP contribution in [0.4, 0.5) is 0 Å². The van der Waals surface area contributed by atoms with Gasteiger partial charge in [0.1, 0.15) is 17.5 Å². The smallest absolute Gasteiger partial charge is 0.338 e. The zero-order chi connectivity index (χ0) is 30.2. The highest BCUT2D eigenvalue weighted by molar-refractivity contribution is 7.07. The molecular weight excluding hydrogens is 562 g/mol. The first-order chi connectivity index (χ1) is 20.8. The number of hydrogen-bond donors (Lipinski definition) is 1. The zero-order valence-corrected chi connectivity index (χ0v) is 25.4. The maximum atomic E-state index is 14.4. The normalized spacial score (nSPS) is 14.9. The van der Waals surface area contributed by atoms with Crippen LogP contribution in [0.3, 0.4) is 0 Å². The van der Waals surface area contributed by atoms with Gasteiger partial charge >= 0.3 is 5.97 Å². The number of carbonyl (C=O) groups excluding carboxylic acids is 1. The van der Waals surface area contributed by atoms with Crippen molar-refractivity contribution in [3.63, 3.8) is 0 Å². The second kappa shape index (κ2) is 11.4. The molecule has 1 aliphatic rings. The van der Waals surface area contributed by atoms with Gasteiger partial charge in [-0.05, 0) is 56.7 Å². The van der Waals surface area contributed by atoms with Crippen molar-refractivity contribution in [1.82, 2.24) is 9.55 Å². The Morgan fingerprint density at radius 3 is 2.56 bits per heavy atom. The number of allylic oxidation sites excluding steroid dienone is 1. The number of nitrogens with zero attached hydrogens (tertiary/aromatic N) is 2. The van der Waals surface area contributed by atoms with Gasteiger partial charge in [0.15, 0.2) is 4.80 Å². The van der Waals surface area contributed by atoms with Crippen LogP contribution in [0, 0.1) is 6.92 Å². The Kier molecular flexibility index (Phi) is 7.50. The Hall–Kier alpha value is -4.89. The molecule has 0 fully saturated rings. The van der Waals surface area contributed by atoms with Crippen molar-refractivity contribution in [2.24, 2.45) is 4.99 Å². The van der Waals surface area contributed by atoms with Crippen molar-refractivity contribution < 1.29 is 19.0 Å². The first-order valence-corrected chi connectivity index (χ1v) is 14.8. The van der Waals surface area contributed by atoms with Gasteiger partial charge in [0, 0.05) is 28.1 Å². The van der Waals surface area contributed by atoms with Crippen molar-refractivity contribution in [2.75, 3.05) is 20.8 Å². The fourth-order valence-electron chi connectivity index (χ4n) is 5.57. The molecule has 2 aromatic heterocycles. The van der Waals surface area contributed by atoms with E-state index in [4.69, 9.17) is 19.2 Å². The Morgan fingerprint density at radius 2 is 1.84 bits per heavy atom.